The molecule has 3 rings (SSSR count). The third-order valence-electron chi connectivity index (χ3n) is 6.77. The molecule has 2 fully saturated rings. The van der Waals surface area contributed by atoms with E-state index in [0.717, 1.165) is 18.6 Å². The molecule has 2 amide bonds. The van der Waals surface area contributed by atoms with Gasteiger partial charge in [0.25, 0.3) is 0 Å². The fraction of sp³-hybridized carbons (Fsp3) is 0.680. The third kappa shape index (κ3) is 6.53. The van der Waals surface area contributed by atoms with Gasteiger partial charge >= 0.3 is 6.09 Å². The molecule has 1 saturated carbocycles. The van der Waals surface area contributed by atoms with Gasteiger partial charge in [-0.05, 0) is 69.9 Å². The summed E-state index contributed by atoms with van der Waals surface area (Å²) in [4.78, 5) is 26.9. The molecular weight excluding hydrogens is 492 g/mol. The lowest BCUT2D eigenvalue weighted by atomic mass is 9.96. The summed E-state index contributed by atoms with van der Waals surface area (Å²) in [5, 5.41) is 3.05. The van der Waals surface area contributed by atoms with Crippen molar-refractivity contribution >= 4 is 22.0 Å². The Balaban J connectivity index is 1.72. The molecule has 0 radical (unpaired) electrons. The first kappa shape index (κ1) is 28.3. The van der Waals surface area contributed by atoms with E-state index in [1.807, 2.05) is 13.8 Å². The lowest BCUT2D eigenvalue weighted by molar-refractivity contribution is -0.127. The van der Waals surface area contributed by atoms with Gasteiger partial charge in [-0.25, -0.2) is 22.0 Å². The first-order chi connectivity index (χ1) is 16.6. The van der Waals surface area contributed by atoms with Crippen LogP contribution in [0.4, 0.5) is 13.6 Å². The smallest absolute Gasteiger partial charge is 0.410 e. The fourth-order valence-electron chi connectivity index (χ4n) is 5.05. The number of benzene rings is 1. The zero-order chi connectivity index (χ0) is 27.0. The van der Waals surface area contributed by atoms with Crippen molar-refractivity contribution in [1.29, 1.82) is 0 Å². The Labute approximate surface area is 212 Å². The Bertz CT molecular complexity index is 1070. The van der Waals surface area contributed by atoms with Crippen LogP contribution < -0.4 is 5.32 Å². The molecule has 1 saturated heterocycles. The summed E-state index contributed by atoms with van der Waals surface area (Å²) in [6.45, 7) is 9.57. The highest BCUT2D eigenvalue weighted by atomic mass is 32.2. The van der Waals surface area contributed by atoms with Gasteiger partial charge < -0.3 is 10.1 Å². The van der Waals surface area contributed by atoms with Crippen molar-refractivity contribution < 1.29 is 31.5 Å². The maximum absolute atomic E-state index is 13.7. The van der Waals surface area contributed by atoms with Gasteiger partial charge in [-0.3, -0.25) is 9.69 Å². The van der Waals surface area contributed by atoms with Gasteiger partial charge in [0, 0.05) is 32.2 Å². The SMILES string of the molecule is CC(C)C[C@@H](C(=O)N[C@@H]1CC[C@H]2CN(S(=O)(=O)c3cc(F)cc(F)c3)C[C@H]21)N(C)C(=O)OC(C)(C)C. The quantitative estimate of drug-likeness (QED) is 0.580. The zero-order valence-electron chi connectivity index (χ0n) is 21.8. The second-order valence-electron chi connectivity index (χ2n) is 11.3. The van der Waals surface area contributed by atoms with E-state index in [4.69, 9.17) is 4.74 Å². The maximum atomic E-state index is 13.7. The van der Waals surface area contributed by atoms with Gasteiger partial charge in [-0.15, -0.1) is 0 Å². The van der Waals surface area contributed by atoms with Gasteiger partial charge in [0.2, 0.25) is 15.9 Å². The average molecular weight is 530 g/mol. The molecule has 0 unspecified atom stereocenters. The summed E-state index contributed by atoms with van der Waals surface area (Å²) in [5.74, 6) is -2.19. The van der Waals surface area contributed by atoms with Crippen LogP contribution in [-0.2, 0) is 19.6 Å². The summed E-state index contributed by atoms with van der Waals surface area (Å²) in [6, 6.07) is 1.25. The Kier molecular flexibility index (Phi) is 8.34. The lowest BCUT2D eigenvalue weighted by Crippen LogP contribution is -2.52. The number of fused-ring (bicyclic) bond motifs is 1. The van der Waals surface area contributed by atoms with Crippen molar-refractivity contribution in [3.05, 3.63) is 29.8 Å². The van der Waals surface area contributed by atoms with Crippen LogP contribution in [0.15, 0.2) is 23.1 Å². The van der Waals surface area contributed by atoms with E-state index in [9.17, 15) is 26.8 Å². The largest absolute Gasteiger partial charge is 0.444 e. The van der Waals surface area contributed by atoms with E-state index in [1.54, 1.807) is 27.8 Å². The number of sulfonamides is 1. The number of carbonyl (C=O) groups is 2. The van der Waals surface area contributed by atoms with Gasteiger partial charge in [-0.1, -0.05) is 13.8 Å². The second-order valence-corrected chi connectivity index (χ2v) is 13.2. The summed E-state index contributed by atoms with van der Waals surface area (Å²) in [7, 11) is -2.54. The third-order valence-corrected chi connectivity index (χ3v) is 8.58. The zero-order valence-corrected chi connectivity index (χ0v) is 22.6. The highest BCUT2D eigenvalue weighted by Gasteiger charge is 2.47. The molecule has 36 heavy (non-hydrogen) atoms. The lowest BCUT2D eigenvalue weighted by Gasteiger charge is -2.32. The van der Waals surface area contributed by atoms with Crippen molar-refractivity contribution in [3.8, 4) is 0 Å². The van der Waals surface area contributed by atoms with E-state index in [-0.39, 0.29) is 42.8 Å². The standard InChI is InChI=1S/C25H37F2N3O5S/c1-15(2)9-22(29(6)24(32)35-25(3,4)5)23(31)28-21-8-7-16-13-30(14-20(16)21)36(33,34)19-11-17(26)10-18(27)12-19/h10-12,15-16,20-22H,7-9,13-14H2,1-6H3,(H,28,31)/t16-,20+,21+,22-/m0/s1. The fourth-order valence-corrected chi connectivity index (χ4v) is 6.63. The van der Waals surface area contributed by atoms with E-state index in [1.165, 1.54) is 9.21 Å². The first-order valence-corrected chi connectivity index (χ1v) is 13.7. The Morgan fingerprint density at radius 2 is 1.75 bits per heavy atom. The summed E-state index contributed by atoms with van der Waals surface area (Å²) < 4.78 is 60.1. The molecule has 1 aromatic rings. The Morgan fingerprint density at radius 3 is 2.31 bits per heavy atom. The van der Waals surface area contributed by atoms with Gasteiger partial charge in [-0.2, -0.15) is 4.31 Å². The summed E-state index contributed by atoms with van der Waals surface area (Å²) >= 11 is 0. The molecule has 0 aromatic heterocycles. The molecule has 1 heterocycles. The number of amides is 2. The van der Waals surface area contributed by atoms with E-state index < -0.39 is 44.3 Å². The first-order valence-electron chi connectivity index (χ1n) is 12.3. The molecular formula is C25H37F2N3O5S. The number of nitrogens with zero attached hydrogens (tertiary/aromatic N) is 2. The van der Waals surface area contributed by atoms with Crippen molar-refractivity contribution in [3.63, 3.8) is 0 Å². The Hall–Kier alpha value is -2.27. The van der Waals surface area contributed by atoms with Crippen molar-refractivity contribution in [2.24, 2.45) is 17.8 Å². The van der Waals surface area contributed by atoms with Crippen LogP contribution in [0.3, 0.4) is 0 Å². The normalized spacial score (nSPS) is 23.4. The topological polar surface area (TPSA) is 96.0 Å². The van der Waals surface area contributed by atoms with Crippen LogP contribution in [0, 0.1) is 29.4 Å². The predicted octanol–water partition coefficient (Wildman–Crippen LogP) is 3.76. The maximum Gasteiger partial charge on any atom is 0.410 e. The number of hydrogen-bond acceptors (Lipinski definition) is 5. The molecule has 2 aliphatic rings. The van der Waals surface area contributed by atoms with Crippen LogP contribution in [0.1, 0.15) is 53.9 Å². The van der Waals surface area contributed by atoms with Crippen molar-refractivity contribution in [2.75, 3.05) is 20.1 Å². The summed E-state index contributed by atoms with van der Waals surface area (Å²) in [5.41, 5.74) is -0.702. The molecule has 1 aromatic carbocycles. The molecule has 0 spiro atoms. The molecule has 8 nitrogen and oxygen atoms in total. The molecule has 0 bridgehead atoms. The highest BCUT2D eigenvalue weighted by Crippen LogP contribution is 2.40. The molecule has 202 valence electrons. The van der Waals surface area contributed by atoms with Gasteiger partial charge in [0.1, 0.15) is 23.3 Å². The highest BCUT2D eigenvalue weighted by molar-refractivity contribution is 7.89. The Morgan fingerprint density at radius 1 is 1.14 bits per heavy atom. The number of hydrogen-bond donors (Lipinski definition) is 1. The molecule has 1 aliphatic heterocycles. The summed E-state index contributed by atoms with van der Waals surface area (Å²) in [6.07, 6.45) is 1.26. The molecule has 1 N–H and O–H groups in total. The molecule has 11 heteroatoms. The molecule has 1 aliphatic carbocycles. The predicted molar refractivity (Wildman–Crippen MR) is 131 cm³/mol. The number of likely N-dealkylation sites (N-methyl/N-ethyl adjacent to an activating group) is 1. The van der Waals surface area contributed by atoms with Crippen LogP contribution in [0.5, 0.6) is 0 Å². The van der Waals surface area contributed by atoms with Crippen molar-refractivity contribution in [1.82, 2.24) is 14.5 Å². The second kappa shape index (κ2) is 10.6. The van der Waals surface area contributed by atoms with Crippen LogP contribution in [0.2, 0.25) is 0 Å². The number of rotatable bonds is 7. The number of nitrogens with one attached hydrogen (secondary N) is 1. The van der Waals surface area contributed by atoms with Gasteiger partial charge in [0.05, 0.1) is 4.90 Å². The average Bonchev–Trinajstić information content (AvgIpc) is 3.32. The number of ether oxygens (including phenoxy) is 1. The van der Waals surface area contributed by atoms with E-state index >= 15 is 0 Å². The van der Waals surface area contributed by atoms with E-state index in [0.29, 0.717) is 18.9 Å². The minimum atomic E-state index is -4.08. The van der Waals surface area contributed by atoms with E-state index in [2.05, 4.69) is 5.32 Å². The van der Waals surface area contributed by atoms with Crippen molar-refractivity contribution in [2.45, 2.75) is 76.5 Å². The minimum Gasteiger partial charge on any atom is -0.444 e. The van der Waals surface area contributed by atoms with Crippen LogP contribution in [0.25, 0.3) is 0 Å². The van der Waals surface area contributed by atoms with Crippen LogP contribution >= 0.6 is 0 Å². The number of carbonyl (C=O) groups excluding carboxylic acids is 2. The van der Waals surface area contributed by atoms with Crippen LogP contribution in [-0.4, -0.2) is 67.4 Å². The molecule has 4 atom stereocenters. The number of halogens is 2. The minimum absolute atomic E-state index is 0.0237. The monoisotopic (exact) mass is 529 g/mol. The van der Waals surface area contributed by atoms with Gasteiger partial charge in [0.15, 0.2) is 0 Å².